The lowest BCUT2D eigenvalue weighted by atomic mass is 10.1. The summed E-state index contributed by atoms with van der Waals surface area (Å²) in [6.07, 6.45) is 0.397. The second kappa shape index (κ2) is 5.37. The highest BCUT2D eigenvalue weighted by molar-refractivity contribution is 5.70. The summed E-state index contributed by atoms with van der Waals surface area (Å²) in [5.74, 6) is 0.334. The van der Waals surface area contributed by atoms with E-state index in [1.165, 1.54) is 7.11 Å². The van der Waals surface area contributed by atoms with Crippen molar-refractivity contribution in [3.63, 3.8) is 0 Å². The van der Waals surface area contributed by atoms with Gasteiger partial charge in [0.15, 0.2) is 0 Å². The summed E-state index contributed by atoms with van der Waals surface area (Å²) in [6, 6.07) is 5.62. The molecule has 1 aromatic carbocycles. The molecule has 0 bridgehead atoms. The second-order valence-electron chi connectivity index (χ2n) is 4.21. The van der Waals surface area contributed by atoms with Crippen LogP contribution in [0.3, 0.4) is 0 Å². The van der Waals surface area contributed by atoms with Crippen LogP contribution in [0.5, 0.6) is 5.75 Å². The number of nitrogens with two attached hydrogens (primary N) is 1. The maximum absolute atomic E-state index is 11.1. The summed E-state index contributed by atoms with van der Waals surface area (Å²) in [6.45, 7) is -0.105. The highest BCUT2D eigenvalue weighted by Gasteiger charge is 2.33. The van der Waals surface area contributed by atoms with E-state index in [-0.39, 0.29) is 18.8 Å². The molecule has 2 rings (SSSR count). The topological polar surface area (TPSA) is 70.8 Å². The van der Waals surface area contributed by atoms with Gasteiger partial charge >= 0.3 is 5.97 Å². The number of carbonyl (C=O) groups is 1. The van der Waals surface area contributed by atoms with Crippen LogP contribution < -0.4 is 10.5 Å². The van der Waals surface area contributed by atoms with Gasteiger partial charge in [-0.3, -0.25) is 0 Å². The fraction of sp³-hybridized carbons (Fsp3) is 0.462. The minimum atomic E-state index is -0.412. The Labute approximate surface area is 106 Å². The zero-order valence-corrected chi connectivity index (χ0v) is 10.5. The molecule has 0 spiro atoms. The number of hydrogen-bond donors (Lipinski definition) is 1. The van der Waals surface area contributed by atoms with Crippen LogP contribution in [0, 0.1) is 0 Å². The first kappa shape index (κ1) is 12.9. The van der Waals surface area contributed by atoms with Crippen LogP contribution in [0.25, 0.3) is 0 Å². The van der Waals surface area contributed by atoms with Crippen LogP contribution in [0.2, 0.25) is 0 Å². The maximum atomic E-state index is 11.1. The van der Waals surface area contributed by atoms with E-state index in [0.717, 1.165) is 23.3 Å². The molecule has 0 radical (unpaired) electrons. The van der Waals surface area contributed by atoms with Gasteiger partial charge in [-0.25, -0.2) is 4.79 Å². The fourth-order valence-electron chi connectivity index (χ4n) is 2.27. The average molecular weight is 251 g/mol. The quantitative estimate of drug-likeness (QED) is 0.802. The minimum absolute atomic E-state index is 0.105. The molecular weight excluding hydrogens is 234 g/mol. The van der Waals surface area contributed by atoms with Gasteiger partial charge in [0.25, 0.3) is 0 Å². The molecule has 0 aromatic heterocycles. The van der Waals surface area contributed by atoms with Gasteiger partial charge in [-0.15, -0.1) is 0 Å². The number of benzene rings is 1. The van der Waals surface area contributed by atoms with Crippen LogP contribution in [0.1, 0.15) is 17.2 Å². The van der Waals surface area contributed by atoms with Crippen LogP contribution in [0.15, 0.2) is 18.2 Å². The molecule has 0 saturated heterocycles. The summed E-state index contributed by atoms with van der Waals surface area (Å²) in [4.78, 5) is 11.1. The van der Waals surface area contributed by atoms with E-state index in [1.807, 2.05) is 18.2 Å². The van der Waals surface area contributed by atoms with Crippen LogP contribution in [0.4, 0.5) is 0 Å². The molecule has 0 heterocycles. The number of hydrogen-bond acceptors (Lipinski definition) is 5. The van der Waals surface area contributed by atoms with Crippen molar-refractivity contribution in [2.45, 2.75) is 18.6 Å². The number of rotatable bonds is 4. The van der Waals surface area contributed by atoms with Gasteiger partial charge < -0.3 is 19.9 Å². The lowest BCUT2D eigenvalue weighted by molar-refractivity contribution is -0.148. The third-order valence-electron chi connectivity index (χ3n) is 3.11. The third-order valence-corrected chi connectivity index (χ3v) is 3.11. The lowest BCUT2D eigenvalue weighted by Gasteiger charge is -2.18. The van der Waals surface area contributed by atoms with Gasteiger partial charge in [0.1, 0.15) is 18.5 Å². The largest absolute Gasteiger partial charge is 0.496 e. The Balaban J connectivity index is 2.20. The molecular formula is C13H17NO4. The summed E-state index contributed by atoms with van der Waals surface area (Å²) in [7, 11) is 2.94. The SMILES string of the molecule is COC(=O)COC1c2c(cccc2OC)CC1N. The van der Waals surface area contributed by atoms with Crippen molar-refractivity contribution in [1.29, 1.82) is 0 Å². The Bertz CT molecular complexity index is 447. The van der Waals surface area contributed by atoms with E-state index >= 15 is 0 Å². The molecule has 5 heteroatoms. The van der Waals surface area contributed by atoms with E-state index in [1.54, 1.807) is 7.11 Å². The molecule has 0 aliphatic heterocycles. The second-order valence-corrected chi connectivity index (χ2v) is 4.21. The lowest BCUT2D eigenvalue weighted by Crippen LogP contribution is -2.28. The van der Waals surface area contributed by atoms with Crippen molar-refractivity contribution < 1.29 is 19.0 Å². The first-order valence-electron chi connectivity index (χ1n) is 5.77. The minimum Gasteiger partial charge on any atom is -0.496 e. The summed E-state index contributed by atoms with van der Waals surface area (Å²) >= 11 is 0. The molecule has 18 heavy (non-hydrogen) atoms. The molecule has 1 aliphatic carbocycles. The van der Waals surface area contributed by atoms with Crippen LogP contribution in [-0.4, -0.2) is 32.8 Å². The fourth-order valence-corrected chi connectivity index (χ4v) is 2.27. The number of carbonyl (C=O) groups excluding carboxylic acids is 1. The van der Waals surface area contributed by atoms with Gasteiger partial charge in [0, 0.05) is 11.6 Å². The average Bonchev–Trinajstić information content (AvgIpc) is 2.71. The molecule has 98 valence electrons. The van der Waals surface area contributed by atoms with E-state index in [9.17, 15) is 4.79 Å². The highest BCUT2D eigenvalue weighted by Crippen LogP contribution is 2.39. The van der Waals surface area contributed by atoms with Crippen molar-refractivity contribution in [3.8, 4) is 5.75 Å². The van der Waals surface area contributed by atoms with Crippen LogP contribution >= 0.6 is 0 Å². The number of fused-ring (bicyclic) bond motifs is 1. The van der Waals surface area contributed by atoms with Gasteiger partial charge in [0.05, 0.1) is 14.2 Å². The predicted octanol–water partition coefficient (Wildman–Crippen LogP) is 0.809. The molecule has 1 aliphatic rings. The maximum Gasteiger partial charge on any atom is 0.331 e. The number of methoxy groups -OCH3 is 2. The van der Waals surface area contributed by atoms with Crippen molar-refractivity contribution in [3.05, 3.63) is 29.3 Å². The number of esters is 1. The Kier molecular flexibility index (Phi) is 3.84. The zero-order valence-electron chi connectivity index (χ0n) is 10.5. The monoisotopic (exact) mass is 251 g/mol. The van der Waals surface area contributed by atoms with Gasteiger partial charge in [0.2, 0.25) is 0 Å². The summed E-state index contributed by atoms with van der Waals surface area (Å²) in [5.41, 5.74) is 8.10. The van der Waals surface area contributed by atoms with E-state index in [2.05, 4.69) is 4.74 Å². The van der Waals surface area contributed by atoms with Crippen molar-refractivity contribution in [2.75, 3.05) is 20.8 Å². The van der Waals surface area contributed by atoms with Crippen molar-refractivity contribution in [2.24, 2.45) is 5.73 Å². The Morgan fingerprint density at radius 3 is 2.89 bits per heavy atom. The molecule has 2 atom stereocenters. The van der Waals surface area contributed by atoms with Crippen molar-refractivity contribution >= 4 is 5.97 Å². The van der Waals surface area contributed by atoms with Gasteiger partial charge in [-0.2, -0.15) is 0 Å². The molecule has 2 N–H and O–H groups in total. The third kappa shape index (κ3) is 2.32. The standard InChI is InChI=1S/C13H17NO4/c1-16-10-5-3-4-8-6-9(14)13(12(8)10)18-7-11(15)17-2/h3-5,9,13H,6-7,14H2,1-2H3. The number of ether oxygens (including phenoxy) is 3. The molecule has 1 aromatic rings. The van der Waals surface area contributed by atoms with Crippen LogP contribution in [-0.2, 0) is 20.7 Å². The molecule has 5 nitrogen and oxygen atoms in total. The Morgan fingerprint density at radius 1 is 1.44 bits per heavy atom. The Hall–Kier alpha value is -1.59. The zero-order chi connectivity index (χ0) is 13.1. The first-order chi connectivity index (χ1) is 8.67. The summed E-state index contributed by atoms with van der Waals surface area (Å²) in [5, 5.41) is 0. The summed E-state index contributed by atoms with van der Waals surface area (Å²) < 4.78 is 15.4. The molecule has 0 saturated carbocycles. The Morgan fingerprint density at radius 2 is 2.22 bits per heavy atom. The van der Waals surface area contributed by atoms with E-state index in [4.69, 9.17) is 15.2 Å². The molecule has 0 fully saturated rings. The highest BCUT2D eigenvalue weighted by atomic mass is 16.6. The van der Waals surface area contributed by atoms with Gasteiger partial charge in [-0.1, -0.05) is 12.1 Å². The van der Waals surface area contributed by atoms with E-state index in [0.29, 0.717) is 0 Å². The van der Waals surface area contributed by atoms with Crippen molar-refractivity contribution in [1.82, 2.24) is 0 Å². The van der Waals surface area contributed by atoms with Gasteiger partial charge in [-0.05, 0) is 18.1 Å². The predicted molar refractivity (Wildman–Crippen MR) is 65.4 cm³/mol. The molecule has 0 amide bonds. The van der Waals surface area contributed by atoms with E-state index < -0.39 is 5.97 Å². The normalized spacial score (nSPS) is 21.5. The smallest absolute Gasteiger partial charge is 0.331 e. The molecule has 2 unspecified atom stereocenters. The first-order valence-corrected chi connectivity index (χ1v) is 5.77.